The van der Waals surface area contributed by atoms with Gasteiger partial charge in [0.15, 0.2) is 0 Å². The maximum atomic E-state index is 11.8. The molecule has 2 N–H and O–H groups in total. The molecule has 5 nitrogen and oxygen atoms in total. The number of rotatable bonds is 5. The molecule has 0 aliphatic heterocycles. The first kappa shape index (κ1) is 13.2. The first-order valence-electron chi connectivity index (χ1n) is 5.23. The Morgan fingerprint density at radius 3 is 2.50 bits per heavy atom. The Bertz CT molecular complexity index is 427. The highest BCUT2D eigenvalue weighted by molar-refractivity contribution is 7.89. The van der Waals surface area contributed by atoms with Gasteiger partial charge in [0.25, 0.3) is 0 Å². The summed E-state index contributed by atoms with van der Waals surface area (Å²) in [5.41, 5.74) is 0.603. The van der Waals surface area contributed by atoms with Gasteiger partial charge in [0, 0.05) is 24.5 Å². The minimum absolute atomic E-state index is 0.146. The third-order valence-corrected chi connectivity index (χ3v) is 3.79. The lowest BCUT2D eigenvalue weighted by molar-refractivity contribution is 0.271. The molecule has 1 heterocycles. The normalized spacial score (nSPS) is 12.3. The van der Waals surface area contributed by atoms with Crippen molar-refractivity contribution in [1.29, 1.82) is 0 Å². The first-order valence-corrected chi connectivity index (χ1v) is 6.71. The number of nitrogens with one attached hydrogen (secondary N) is 1. The molecule has 0 aromatic carbocycles. The van der Waals surface area contributed by atoms with E-state index in [0.717, 1.165) is 0 Å². The summed E-state index contributed by atoms with van der Waals surface area (Å²) >= 11 is 0. The second-order valence-corrected chi connectivity index (χ2v) is 5.60. The number of aliphatic hydroxyl groups is 1. The van der Waals surface area contributed by atoms with Crippen LogP contribution in [0.25, 0.3) is 0 Å². The van der Waals surface area contributed by atoms with Gasteiger partial charge in [-0.3, -0.25) is 0 Å². The van der Waals surface area contributed by atoms with Crippen LogP contribution < -0.4 is 4.72 Å². The van der Waals surface area contributed by atoms with Crippen molar-refractivity contribution in [2.75, 3.05) is 0 Å². The molecule has 0 saturated heterocycles. The van der Waals surface area contributed by atoms with Crippen molar-refractivity contribution < 1.29 is 13.5 Å². The molecule has 92 valence electrons. The summed E-state index contributed by atoms with van der Waals surface area (Å²) in [5, 5.41) is 9.07. The zero-order valence-electron chi connectivity index (χ0n) is 9.77. The van der Waals surface area contributed by atoms with Gasteiger partial charge >= 0.3 is 0 Å². The Kier molecular flexibility index (Phi) is 4.12. The van der Waals surface area contributed by atoms with Crippen LogP contribution in [0.1, 0.15) is 26.5 Å². The highest BCUT2D eigenvalue weighted by Crippen LogP contribution is 2.14. The minimum atomic E-state index is -3.46. The van der Waals surface area contributed by atoms with Crippen molar-refractivity contribution >= 4 is 10.0 Å². The maximum Gasteiger partial charge on any atom is 0.242 e. The van der Waals surface area contributed by atoms with Crippen molar-refractivity contribution in [3.63, 3.8) is 0 Å². The van der Waals surface area contributed by atoms with Gasteiger partial charge in [0.1, 0.15) is 0 Å². The van der Waals surface area contributed by atoms with Crippen LogP contribution in [0, 0.1) is 0 Å². The van der Waals surface area contributed by atoms with Crippen molar-refractivity contribution in [1.82, 2.24) is 9.29 Å². The molecule has 6 heteroatoms. The molecule has 0 unspecified atom stereocenters. The van der Waals surface area contributed by atoms with Crippen molar-refractivity contribution in [2.45, 2.75) is 44.9 Å². The third kappa shape index (κ3) is 2.84. The zero-order chi connectivity index (χ0) is 12.3. The Morgan fingerprint density at radius 1 is 1.50 bits per heavy atom. The van der Waals surface area contributed by atoms with Crippen LogP contribution in [-0.2, 0) is 23.2 Å². The lowest BCUT2D eigenvalue weighted by atomic mass is 10.4. The van der Waals surface area contributed by atoms with Crippen molar-refractivity contribution in [3.8, 4) is 0 Å². The number of aryl methyl sites for hydroxylation is 1. The zero-order valence-corrected chi connectivity index (χ0v) is 10.6. The fourth-order valence-electron chi connectivity index (χ4n) is 1.48. The molecule has 0 bridgehead atoms. The fraction of sp³-hybridized carbons (Fsp3) is 0.600. The number of sulfonamides is 1. The van der Waals surface area contributed by atoms with Crippen LogP contribution in [0.3, 0.4) is 0 Å². The Hall–Kier alpha value is -0.850. The molecular formula is C10H18N2O3S. The van der Waals surface area contributed by atoms with Gasteiger partial charge < -0.3 is 9.67 Å². The Labute approximate surface area is 96.1 Å². The summed E-state index contributed by atoms with van der Waals surface area (Å²) in [5.74, 6) is 0. The van der Waals surface area contributed by atoms with E-state index in [1.54, 1.807) is 18.4 Å². The average molecular weight is 246 g/mol. The largest absolute Gasteiger partial charge is 0.390 e. The van der Waals surface area contributed by atoms with Gasteiger partial charge in [-0.2, -0.15) is 0 Å². The summed E-state index contributed by atoms with van der Waals surface area (Å²) in [6.45, 7) is 5.90. The summed E-state index contributed by atoms with van der Waals surface area (Å²) in [6.07, 6.45) is 1.54. The second-order valence-electron chi connectivity index (χ2n) is 3.89. The molecule has 0 aliphatic rings. The van der Waals surface area contributed by atoms with E-state index in [2.05, 4.69) is 4.72 Å². The number of nitrogens with zero attached hydrogens (tertiary/aromatic N) is 1. The fourth-order valence-corrected chi connectivity index (χ4v) is 2.79. The number of aliphatic hydroxyl groups excluding tert-OH is 1. The summed E-state index contributed by atoms with van der Waals surface area (Å²) < 4.78 is 27.9. The molecule has 0 amide bonds. The van der Waals surface area contributed by atoms with Gasteiger partial charge in [-0.1, -0.05) is 0 Å². The molecule has 0 atom stereocenters. The molecule has 16 heavy (non-hydrogen) atoms. The molecule has 0 fully saturated rings. The summed E-state index contributed by atoms with van der Waals surface area (Å²) in [6, 6.07) is 1.35. The van der Waals surface area contributed by atoms with E-state index in [-0.39, 0.29) is 17.5 Å². The second kappa shape index (κ2) is 4.99. The van der Waals surface area contributed by atoms with E-state index in [4.69, 9.17) is 5.11 Å². The van der Waals surface area contributed by atoms with E-state index in [9.17, 15) is 8.42 Å². The van der Waals surface area contributed by atoms with Crippen molar-refractivity contribution in [3.05, 3.63) is 18.0 Å². The highest BCUT2D eigenvalue weighted by atomic mass is 32.2. The molecule has 0 radical (unpaired) electrons. The monoisotopic (exact) mass is 246 g/mol. The van der Waals surface area contributed by atoms with Crippen LogP contribution in [-0.4, -0.2) is 24.1 Å². The van der Waals surface area contributed by atoms with Crippen LogP contribution in [0.15, 0.2) is 17.2 Å². The van der Waals surface area contributed by atoms with Crippen molar-refractivity contribution in [2.24, 2.45) is 0 Å². The topological polar surface area (TPSA) is 71.3 Å². The lowest BCUT2D eigenvalue weighted by Crippen LogP contribution is -2.29. The van der Waals surface area contributed by atoms with E-state index < -0.39 is 10.0 Å². The quantitative estimate of drug-likeness (QED) is 0.803. The van der Waals surface area contributed by atoms with E-state index in [0.29, 0.717) is 12.2 Å². The molecule has 1 rings (SSSR count). The minimum Gasteiger partial charge on any atom is -0.390 e. The number of hydrogen-bond donors (Lipinski definition) is 2. The molecule has 0 saturated carbocycles. The predicted molar refractivity (Wildman–Crippen MR) is 61.5 cm³/mol. The average Bonchev–Trinajstić information content (AvgIpc) is 2.59. The summed E-state index contributed by atoms with van der Waals surface area (Å²) in [7, 11) is -3.46. The first-order chi connectivity index (χ1) is 7.40. The van der Waals surface area contributed by atoms with E-state index >= 15 is 0 Å². The smallest absolute Gasteiger partial charge is 0.242 e. The molecule has 1 aromatic rings. The molecule has 0 aliphatic carbocycles. The van der Waals surface area contributed by atoms with Gasteiger partial charge in [-0.25, -0.2) is 13.1 Å². The van der Waals surface area contributed by atoms with Gasteiger partial charge in [-0.15, -0.1) is 0 Å². The van der Waals surface area contributed by atoms with Gasteiger partial charge in [0.05, 0.1) is 11.5 Å². The van der Waals surface area contributed by atoms with Crippen LogP contribution in [0.4, 0.5) is 0 Å². The van der Waals surface area contributed by atoms with Gasteiger partial charge in [-0.05, 0) is 26.8 Å². The lowest BCUT2D eigenvalue weighted by Gasteiger charge is -2.07. The van der Waals surface area contributed by atoms with Gasteiger partial charge in [0.2, 0.25) is 10.0 Å². The maximum absolute atomic E-state index is 11.8. The van der Waals surface area contributed by atoms with E-state index in [1.165, 1.54) is 12.3 Å². The SMILES string of the molecule is CCn1cc(S(=O)(=O)NC(C)C)cc1CO. The van der Waals surface area contributed by atoms with Crippen LogP contribution >= 0.6 is 0 Å². The highest BCUT2D eigenvalue weighted by Gasteiger charge is 2.18. The Morgan fingerprint density at radius 2 is 2.12 bits per heavy atom. The Balaban J connectivity index is 3.09. The number of hydrogen-bond acceptors (Lipinski definition) is 3. The van der Waals surface area contributed by atoms with Crippen LogP contribution in [0.2, 0.25) is 0 Å². The molecule has 1 aromatic heterocycles. The van der Waals surface area contributed by atoms with E-state index in [1.807, 2.05) is 6.92 Å². The standard InChI is InChI=1S/C10H18N2O3S/c1-4-12-6-10(5-9(12)7-13)16(14,15)11-8(2)3/h5-6,8,11,13H,4,7H2,1-3H3. The van der Waals surface area contributed by atoms with Crippen LogP contribution in [0.5, 0.6) is 0 Å². The molecular weight excluding hydrogens is 228 g/mol. The number of aromatic nitrogens is 1. The third-order valence-electron chi connectivity index (χ3n) is 2.16. The summed E-state index contributed by atoms with van der Waals surface area (Å²) in [4.78, 5) is 0.201. The molecule has 0 spiro atoms. The predicted octanol–water partition coefficient (Wildman–Crippen LogP) is 0.687.